The minimum atomic E-state index is -2.89. The van der Waals surface area contributed by atoms with E-state index in [2.05, 4.69) is 0 Å². The highest BCUT2D eigenvalue weighted by atomic mass is 32.2. The molecule has 1 aliphatic heterocycles. The Morgan fingerprint density at radius 1 is 1.50 bits per heavy atom. The third kappa shape index (κ3) is 1.49. The highest BCUT2D eigenvalue weighted by Crippen LogP contribution is 2.27. The van der Waals surface area contributed by atoms with Crippen molar-refractivity contribution in [2.45, 2.75) is 19.9 Å². The van der Waals surface area contributed by atoms with Crippen LogP contribution in [0.5, 0.6) is 0 Å². The molecule has 2 unspecified atom stereocenters. The molecule has 2 atom stereocenters. The van der Waals surface area contributed by atoms with Crippen molar-refractivity contribution >= 4 is 10.0 Å². The van der Waals surface area contributed by atoms with E-state index in [0.717, 1.165) is 6.54 Å². The second-order valence-electron chi connectivity index (χ2n) is 3.14. The van der Waals surface area contributed by atoms with Gasteiger partial charge < -0.3 is 0 Å². The highest BCUT2D eigenvalue weighted by molar-refractivity contribution is 7.88. The Hall–Kier alpha value is -0.0900. The first-order valence-electron chi connectivity index (χ1n) is 3.39. The van der Waals surface area contributed by atoms with Crippen molar-refractivity contribution in [2.75, 3.05) is 12.8 Å². The Morgan fingerprint density at radius 3 is 2.10 bits per heavy atom. The number of rotatable bonds is 2. The van der Waals surface area contributed by atoms with Gasteiger partial charge in [0.2, 0.25) is 10.0 Å². The Morgan fingerprint density at radius 2 is 2.00 bits per heavy atom. The van der Waals surface area contributed by atoms with Crippen molar-refractivity contribution in [1.82, 2.24) is 4.31 Å². The number of sulfonamides is 1. The predicted octanol–water partition coefficient (Wildman–Crippen LogP) is 0.286. The fraction of sp³-hybridized carbons (Fsp3) is 1.00. The summed E-state index contributed by atoms with van der Waals surface area (Å²) in [6.45, 7) is 4.79. The summed E-state index contributed by atoms with van der Waals surface area (Å²) in [4.78, 5) is 0. The summed E-state index contributed by atoms with van der Waals surface area (Å²) in [5, 5.41) is 0. The largest absolute Gasteiger partial charge is 0.212 e. The zero-order valence-corrected chi connectivity index (χ0v) is 7.35. The van der Waals surface area contributed by atoms with Gasteiger partial charge in [0, 0.05) is 12.6 Å². The molecule has 1 saturated heterocycles. The molecule has 1 rings (SSSR count). The van der Waals surface area contributed by atoms with Crippen LogP contribution >= 0.6 is 0 Å². The summed E-state index contributed by atoms with van der Waals surface area (Å²) >= 11 is 0. The molecule has 10 heavy (non-hydrogen) atoms. The first-order chi connectivity index (χ1) is 4.43. The van der Waals surface area contributed by atoms with Gasteiger partial charge in [0.25, 0.3) is 0 Å². The molecule has 1 aliphatic rings. The minimum absolute atomic E-state index is 0.273. The molecule has 0 amide bonds. The van der Waals surface area contributed by atoms with Gasteiger partial charge in [-0.3, -0.25) is 0 Å². The molecule has 4 heteroatoms. The molecule has 0 radical (unpaired) electrons. The standard InChI is InChI=1S/C6H13NO2S/c1-5(2)6-4-7(6)10(3,8)9/h5-6H,4H2,1-3H3. The molecule has 3 nitrogen and oxygen atoms in total. The average Bonchev–Trinajstić information content (AvgIpc) is 2.35. The van der Waals surface area contributed by atoms with Crippen LogP contribution in [-0.4, -0.2) is 31.6 Å². The second-order valence-corrected chi connectivity index (χ2v) is 5.08. The molecule has 0 aliphatic carbocycles. The lowest BCUT2D eigenvalue weighted by Gasteiger charge is -2.02. The van der Waals surface area contributed by atoms with E-state index >= 15 is 0 Å². The number of hydrogen-bond donors (Lipinski definition) is 0. The van der Waals surface area contributed by atoms with Crippen LogP contribution in [0.2, 0.25) is 0 Å². The lowest BCUT2D eigenvalue weighted by molar-refractivity contribution is 0.523. The van der Waals surface area contributed by atoms with Gasteiger partial charge in [0.1, 0.15) is 0 Å². The van der Waals surface area contributed by atoms with Gasteiger partial charge in [0.05, 0.1) is 6.26 Å². The SMILES string of the molecule is CC(C)C1CN1S(C)(=O)=O. The van der Waals surface area contributed by atoms with Crippen molar-refractivity contribution in [2.24, 2.45) is 5.92 Å². The molecule has 0 aromatic heterocycles. The van der Waals surface area contributed by atoms with Gasteiger partial charge in [-0.2, -0.15) is 4.31 Å². The average molecular weight is 163 g/mol. The summed E-state index contributed by atoms with van der Waals surface area (Å²) in [7, 11) is -2.89. The van der Waals surface area contributed by atoms with Gasteiger partial charge in [-0.1, -0.05) is 13.8 Å². The van der Waals surface area contributed by atoms with E-state index in [9.17, 15) is 8.42 Å². The zero-order chi connectivity index (χ0) is 7.94. The molecule has 0 N–H and O–H groups in total. The molecule has 0 bridgehead atoms. The Kier molecular flexibility index (Phi) is 1.76. The molecule has 0 spiro atoms. The topological polar surface area (TPSA) is 37.1 Å². The maximum atomic E-state index is 10.8. The second kappa shape index (κ2) is 2.20. The van der Waals surface area contributed by atoms with Crippen molar-refractivity contribution in [3.63, 3.8) is 0 Å². The lowest BCUT2D eigenvalue weighted by atomic mass is 10.1. The predicted molar refractivity (Wildman–Crippen MR) is 40.2 cm³/mol. The van der Waals surface area contributed by atoms with E-state index in [-0.39, 0.29) is 6.04 Å². The monoisotopic (exact) mass is 163 g/mol. The fourth-order valence-corrected chi connectivity index (χ4v) is 2.22. The van der Waals surface area contributed by atoms with Crippen LogP contribution in [0.4, 0.5) is 0 Å². The molecular weight excluding hydrogens is 150 g/mol. The van der Waals surface area contributed by atoms with E-state index < -0.39 is 10.0 Å². The van der Waals surface area contributed by atoms with Crippen LogP contribution in [-0.2, 0) is 10.0 Å². The Labute approximate surface area is 62.1 Å². The molecule has 1 fully saturated rings. The van der Waals surface area contributed by atoms with Crippen LogP contribution in [0.25, 0.3) is 0 Å². The van der Waals surface area contributed by atoms with Crippen LogP contribution in [0.15, 0.2) is 0 Å². The fourth-order valence-electron chi connectivity index (χ4n) is 1.06. The summed E-state index contributed by atoms with van der Waals surface area (Å²) in [6.07, 6.45) is 1.26. The van der Waals surface area contributed by atoms with E-state index in [1.54, 1.807) is 0 Å². The summed E-state index contributed by atoms with van der Waals surface area (Å²) in [5.74, 6) is 0.453. The third-order valence-electron chi connectivity index (χ3n) is 1.80. The lowest BCUT2D eigenvalue weighted by Crippen LogP contribution is -2.14. The van der Waals surface area contributed by atoms with Gasteiger partial charge in [-0.25, -0.2) is 8.42 Å². The molecule has 0 saturated carbocycles. The smallest absolute Gasteiger partial charge is 0.211 e. The first kappa shape index (κ1) is 8.01. The number of hydrogen-bond acceptors (Lipinski definition) is 2. The van der Waals surface area contributed by atoms with Crippen LogP contribution in [0, 0.1) is 5.92 Å². The molecule has 1 heterocycles. The van der Waals surface area contributed by atoms with E-state index in [1.807, 2.05) is 13.8 Å². The minimum Gasteiger partial charge on any atom is -0.212 e. The first-order valence-corrected chi connectivity index (χ1v) is 5.24. The third-order valence-corrected chi connectivity index (χ3v) is 3.07. The molecule has 0 aromatic carbocycles. The van der Waals surface area contributed by atoms with Crippen molar-refractivity contribution in [1.29, 1.82) is 0 Å². The van der Waals surface area contributed by atoms with Crippen LogP contribution in [0.1, 0.15) is 13.8 Å². The summed E-state index contributed by atoms with van der Waals surface area (Å²) < 4.78 is 23.2. The van der Waals surface area contributed by atoms with Gasteiger partial charge in [-0.15, -0.1) is 0 Å². The number of nitrogens with zero attached hydrogens (tertiary/aromatic N) is 1. The molecule has 0 aromatic rings. The van der Waals surface area contributed by atoms with Gasteiger partial charge in [-0.05, 0) is 5.92 Å². The van der Waals surface area contributed by atoms with Gasteiger partial charge >= 0.3 is 0 Å². The highest BCUT2D eigenvalue weighted by Gasteiger charge is 2.42. The van der Waals surface area contributed by atoms with Crippen LogP contribution < -0.4 is 0 Å². The van der Waals surface area contributed by atoms with Crippen molar-refractivity contribution in [3.8, 4) is 0 Å². The quantitative estimate of drug-likeness (QED) is 0.548. The summed E-state index contributed by atoms with van der Waals surface area (Å²) in [5.41, 5.74) is 0. The van der Waals surface area contributed by atoms with Crippen molar-refractivity contribution in [3.05, 3.63) is 0 Å². The Bertz CT molecular complexity index is 220. The van der Waals surface area contributed by atoms with E-state index in [1.165, 1.54) is 10.6 Å². The Balaban J connectivity index is 2.55. The van der Waals surface area contributed by atoms with E-state index in [0.29, 0.717) is 5.92 Å². The van der Waals surface area contributed by atoms with Crippen LogP contribution in [0.3, 0.4) is 0 Å². The normalized spacial score (nSPS) is 32.8. The molecule has 60 valence electrons. The zero-order valence-electron chi connectivity index (χ0n) is 6.53. The maximum absolute atomic E-state index is 10.8. The summed E-state index contributed by atoms with van der Waals surface area (Å²) in [6, 6.07) is 0.273. The van der Waals surface area contributed by atoms with Gasteiger partial charge in [0.15, 0.2) is 0 Å². The maximum Gasteiger partial charge on any atom is 0.211 e. The van der Waals surface area contributed by atoms with E-state index in [4.69, 9.17) is 0 Å². The molecular formula is C6H13NO2S. The van der Waals surface area contributed by atoms with Crippen molar-refractivity contribution < 1.29 is 8.42 Å².